The van der Waals surface area contributed by atoms with Gasteiger partial charge in [-0.2, -0.15) is 0 Å². The Morgan fingerprint density at radius 2 is 1.83 bits per heavy atom. The number of aryl methyl sites for hydroxylation is 1. The van der Waals surface area contributed by atoms with E-state index in [9.17, 15) is 0 Å². The van der Waals surface area contributed by atoms with Crippen molar-refractivity contribution in [3.8, 4) is 0 Å². The molecule has 0 spiro atoms. The van der Waals surface area contributed by atoms with Crippen LogP contribution in [0, 0.1) is 6.92 Å². The molecular formula is C16H26N2. The fourth-order valence-electron chi connectivity index (χ4n) is 2.72. The average Bonchev–Trinajstić information content (AvgIpc) is 2.40. The summed E-state index contributed by atoms with van der Waals surface area (Å²) in [6.45, 7) is 10.4. The molecule has 1 aromatic rings. The molecule has 0 aliphatic carbocycles. The van der Waals surface area contributed by atoms with Gasteiger partial charge in [-0.25, -0.2) is 0 Å². The van der Waals surface area contributed by atoms with Crippen LogP contribution in [0.1, 0.15) is 43.9 Å². The number of hydrogen-bond acceptors (Lipinski definition) is 2. The smallest absolute Gasteiger partial charge is 0.0294 e. The lowest BCUT2D eigenvalue weighted by atomic mass is 10.0. The molecule has 1 atom stereocenters. The Morgan fingerprint density at radius 3 is 2.39 bits per heavy atom. The molecule has 1 saturated heterocycles. The van der Waals surface area contributed by atoms with Gasteiger partial charge < -0.3 is 10.2 Å². The number of hydrogen-bond donors (Lipinski definition) is 1. The minimum atomic E-state index is 0.462. The van der Waals surface area contributed by atoms with Crippen LogP contribution in [0.15, 0.2) is 24.3 Å². The number of nitrogens with zero attached hydrogens (tertiary/aromatic N) is 1. The monoisotopic (exact) mass is 246 g/mol. The molecular weight excluding hydrogens is 220 g/mol. The summed E-state index contributed by atoms with van der Waals surface area (Å²) in [7, 11) is 0. The number of benzene rings is 1. The highest BCUT2D eigenvalue weighted by Crippen LogP contribution is 2.17. The van der Waals surface area contributed by atoms with Crippen LogP contribution in [-0.4, -0.2) is 30.6 Å². The Morgan fingerprint density at radius 1 is 1.22 bits per heavy atom. The van der Waals surface area contributed by atoms with E-state index in [0.717, 1.165) is 0 Å². The van der Waals surface area contributed by atoms with E-state index in [1.54, 1.807) is 0 Å². The molecule has 0 unspecified atom stereocenters. The first-order chi connectivity index (χ1) is 8.69. The van der Waals surface area contributed by atoms with Crippen LogP contribution in [0.25, 0.3) is 0 Å². The van der Waals surface area contributed by atoms with Gasteiger partial charge in [-0.3, -0.25) is 0 Å². The number of nitrogens with one attached hydrogen (secondary N) is 1. The zero-order valence-electron chi connectivity index (χ0n) is 11.9. The van der Waals surface area contributed by atoms with Gasteiger partial charge in [0.2, 0.25) is 0 Å². The molecule has 1 aliphatic rings. The lowest BCUT2D eigenvalue weighted by Gasteiger charge is -2.33. The largest absolute Gasteiger partial charge is 0.307 e. The second kappa shape index (κ2) is 6.35. The molecule has 1 fully saturated rings. The van der Waals surface area contributed by atoms with E-state index in [1.165, 1.54) is 43.6 Å². The van der Waals surface area contributed by atoms with E-state index in [1.807, 2.05) is 0 Å². The molecule has 1 aliphatic heterocycles. The topological polar surface area (TPSA) is 15.3 Å². The zero-order valence-corrected chi connectivity index (χ0v) is 11.9. The summed E-state index contributed by atoms with van der Waals surface area (Å²) >= 11 is 0. The molecule has 0 bridgehead atoms. The normalized spacial score (nSPS) is 19.9. The Bertz CT molecular complexity index is 350. The highest BCUT2D eigenvalue weighted by molar-refractivity contribution is 5.23. The predicted octanol–water partition coefficient (Wildman–Crippen LogP) is 3.13. The average molecular weight is 246 g/mol. The summed E-state index contributed by atoms with van der Waals surface area (Å²) in [4.78, 5) is 2.54. The lowest BCUT2D eigenvalue weighted by Crippen LogP contribution is -2.43. The van der Waals surface area contributed by atoms with Gasteiger partial charge in [0.05, 0.1) is 0 Å². The Kier molecular flexibility index (Phi) is 4.79. The highest BCUT2D eigenvalue weighted by atomic mass is 15.1. The third-order valence-electron chi connectivity index (χ3n) is 4.10. The van der Waals surface area contributed by atoms with E-state index < -0.39 is 0 Å². The molecule has 2 heteroatoms. The van der Waals surface area contributed by atoms with Gasteiger partial charge in [0, 0.05) is 12.1 Å². The van der Waals surface area contributed by atoms with E-state index in [-0.39, 0.29) is 0 Å². The maximum atomic E-state index is 3.77. The van der Waals surface area contributed by atoms with Crippen molar-refractivity contribution in [2.75, 3.05) is 19.6 Å². The van der Waals surface area contributed by atoms with Gasteiger partial charge in [-0.15, -0.1) is 0 Å². The molecule has 1 aromatic carbocycles. The van der Waals surface area contributed by atoms with Crippen molar-refractivity contribution in [2.24, 2.45) is 0 Å². The van der Waals surface area contributed by atoms with Crippen molar-refractivity contribution < 1.29 is 0 Å². The molecule has 2 rings (SSSR count). The van der Waals surface area contributed by atoms with Crippen molar-refractivity contribution in [1.82, 2.24) is 10.2 Å². The van der Waals surface area contributed by atoms with Gasteiger partial charge in [0.25, 0.3) is 0 Å². The Balaban J connectivity index is 1.84. The van der Waals surface area contributed by atoms with E-state index in [2.05, 4.69) is 55.3 Å². The lowest BCUT2D eigenvalue weighted by molar-refractivity contribution is 0.200. The van der Waals surface area contributed by atoms with Crippen molar-refractivity contribution in [3.05, 3.63) is 35.4 Å². The fraction of sp³-hybridized carbons (Fsp3) is 0.625. The van der Waals surface area contributed by atoms with Crippen LogP contribution in [0.2, 0.25) is 0 Å². The molecule has 2 nitrogen and oxygen atoms in total. The minimum absolute atomic E-state index is 0.462. The highest BCUT2D eigenvalue weighted by Gasteiger charge is 2.19. The molecule has 0 saturated carbocycles. The number of piperidine rings is 1. The van der Waals surface area contributed by atoms with Crippen LogP contribution in [0.4, 0.5) is 0 Å². The maximum absolute atomic E-state index is 3.77. The molecule has 0 amide bonds. The molecule has 0 radical (unpaired) electrons. The summed E-state index contributed by atoms with van der Waals surface area (Å²) in [5.41, 5.74) is 2.74. The Hall–Kier alpha value is -0.860. The van der Waals surface area contributed by atoms with Gasteiger partial charge >= 0.3 is 0 Å². The van der Waals surface area contributed by atoms with Crippen LogP contribution in [-0.2, 0) is 0 Å². The van der Waals surface area contributed by atoms with Gasteiger partial charge in [0.1, 0.15) is 0 Å². The standard InChI is InChI=1S/C16H26N2/c1-4-18-11-9-16(10-12-18)17-14(3)15-7-5-13(2)6-8-15/h5-8,14,16-17H,4,9-12H2,1-3H3/t14-/m1/s1. The summed E-state index contributed by atoms with van der Waals surface area (Å²) in [5, 5.41) is 3.77. The van der Waals surface area contributed by atoms with Crippen molar-refractivity contribution >= 4 is 0 Å². The van der Waals surface area contributed by atoms with Crippen LogP contribution >= 0.6 is 0 Å². The van der Waals surface area contributed by atoms with Crippen LogP contribution < -0.4 is 5.32 Å². The van der Waals surface area contributed by atoms with Crippen molar-refractivity contribution in [2.45, 2.75) is 45.7 Å². The summed E-state index contributed by atoms with van der Waals surface area (Å²) in [5.74, 6) is 0. The first-order valence-corrected chi connectivity index (χ1v) is 7.24. The fourth-order valence-corrected chi connectivity index (χ4v) is 2.72. The minimum Gasteiger partial charge on any atom is -0.307 e. The van der Waals surface area contributed by atoms with Gasteiger partial charge in [0.15, 0.2) is 0 Å². The van der Waals surface area contributed by atoms with E-state index >= 15 is 0 Å². The molecule has 0 aromatic heterocycles. The van der Waals surface area contributed by atoms with E-state index in [4.69, 9.17) is 0 Å². The van der Waals surface area contributed by atoms with E-state index in [0.29, 0.717) is 12.1 Å². The number of rotatable bonds is 4. The first-order valence-electron chi connectivity index (χ1n) is 7.24. The number of likely N-dealkylation sites (tertiary alicyclic amines) is 1. The zero-order chi connectivity index (χ0) is 13.0. The molecule has 1 N–H and O–H groups in total. The summed E-state index contributed by atoms with van der Waals surface area (Å²) in [6, 6.07) is 10.0. The third kappa shape index (κ3) is 3.56. The SMILES string of the molecule is CCN1CCC(N[C@H](C)c2ccc(C)cc2)CC1. The first kappa shape index (κ1) is 13.6. The van der Waals surface area contributed by atoms with Gasteiger partial charge in [-0.1, -0.05) is 36.8 Å². The summed E-state index contributed by atoms with van der Waals surface area (Å²) in [6.07, 6.45) is 2.56. The second-order valence-corrected chi connectivity index (χ2v) is 5.51. The molecule has 18 heavy (non-hydrogen) atoms. The quantitative estimate of drug-likeness (QED) is 0.878. The van der Waals surface area contributed by atoms with Crippen molar-refractivity contribution in [3.63, 3.8) is 0 Å². The van der Waals surface area contributed by atoms with Crippen LogP contribution in [0.5, 0.6) is 0 Å². The Labute approximate surface area is 111 Å². The van der Waals surface area contributed by atoms with Crippen molar-refractivity contribution in [1.29, 1.82) is 0 Å². The second-order valence-electron chi connectivity index (χ2n) is 5.51. The van der Waals surface area contributed by atoms with Crippen LogP contribution in [0.3, 0.4) is 0 Å². The summed E-state index contributed by atoms with van der Waals surface area (Å²) < 4.78 is 0. The molecule has 1 heterocycles. The predicted molar refractivity (Wildman–Crippen MR) is 77.9 cm³/mol. The maximum Gasteiger partial charge on any atom is 0.0294 e. The molecule has 100 valence electrons. The van der Waals surface area contributed by atoms with Gasteiger partial charge in [-0.05, 0) is 51.9 Å². The third-order valence-corrected chi connectivity index (χ3v) is 4.10.